The fraction of sp³-hybridized carbons (Fsp3) is 0.143. The molecule has 2 aromatic heterocycles. The van der Waals surface area contributed by atoms with Crippen LogP contribution < -0.4 is 10.1 Å². The van der Waals surface area contributed by atoms with Gasteiger partial charge in [-0.15, -0.1) is 11.3 Å². The number of methoxy groups -OCH3 is 1. The van der Waals surface area contributed by atoms with E-state index in [0.29, 0.717) is 12.2 Å². The van der Waals surface area contributed by atoms with Crippen LogP contribution in [0.15, 0.2) is 35.8 Å². The minimum atomic E-state index is -0.143. The SMILES string of the molecule is COc1ccc2cc(C(=O)NCc3nccs3)[nH]c2c1. The van der Waals surface area contributed by atoms with E-state index in [9.17, 15) is 4.79 Å². The van der Waals surface area contributed by atoms with Gasteiger partial charge in [-0.05, 0) is 18.2 Å². The highest BCUT2D eigenvalue weighted by atomic mass is 32.1. The van der Waals surface area contributed by atoms with Gasteiger partial charge < -0.3 is 15.0 Å². The Morgan fingerprint density at radius 3 is 3.10 bits per heavy atom. The number of ether oxygens (including phenoxy) is 1. The molecule has 0 atom stereocenters. The van der Waals surface area contributed by atoms with E-state index in [2.05, 4.69) is 15.3 Å². The molecule has 0 saturated heterocycles. The highest BCUT2D eigenvalue weighted by molar-refractivity contribution is 7.09. The molecule has 0 spiro atoms. The Balaban J connectivity index is 1.77. The van der Waals surface area contributed by atoms with Crippen molar-refractivity contribution in [2.24, 2.45) is 0 Å². The van der Waals surface area contributed by atoms with Gasteiger partial charge in [-0.2, -0.15) is 0 Å². The molecule has 0 unspecified atom stereocenters. The van der Waals surface area contributed by atoms with Crippen LogP contribution in [0.4, 0.5) is 0 Å². The summed E-state index contributed by atoms with van der Waals surface area (Å²) >= 11 is 1.52. The van der Waals surface area contributed by atoms with Gasteiger partial charge in [0.05, 0.1) is 13.7 Å². The number of H-pyrrole nitrogens is 1. The van der Waals surface area contributed by atoms with E-state index in [0.717, 1.165) is 21.7 Å². The van der Waals surface area contributed by atoms with E-state index in [1.165, 1.54) is 11.3 Å². The summed E-state index contributed by atoms with van der Waals surface area (Å²) < 4.78 is 5.16. The minimum Gasteiger partial charge on any atom is -0.497 e. The number of carbonyl (C=O) groups is 1. The monoisotopic (exact) mass is 287 g/mol. The summed E-state index contributed by atoms with van der Waals surface area (Å²) in [5, 5.41) is 6.59. The third-order valence-corrected chi connectivity index (χ3v) is 3.74. The smallest absolute Gasteiger partial charge is 0.268 e. The van der Waals surface area contributed by atoms with Crippen LogP contribution in [0.25, 0.3) is 10.9 Å². The van der Waals surface area contributed by atoms with Crippen molar-refractivity contribution in [1.82, 2.24) is 15.3 Å². The first-order valence-electron chi connectivity index (χ1n) is 6.09. The van der Waals surface area contributed by atoms with Crippen LogP contribution in [-0.4, -0.2) is 23.0 Å². The van der Waals surface area contributed by atoms with Crippen LogP contribution in [-0.2, 0) is 6.54 Å². The van der Waals surface area contributed by atoms with Crippen LogP contribution in [0.3, 0.4) is 0 Å². The highest BCUT2D eigenvalue weighted by Gasteiger charge is 2.10. The summed E-state index contributed by atoms with van der Waals surface area (Å²) in [6.45, 7) is 0.440. The molecule has 0 aliphatic heterocycles. The zero-order chi connectivity index (χ0) is 13.9. The topological polar surface area (TPSA) is 67.0 Å². The number of carbonyl (C=O) groups excluding carboxylic acids is 1. The number of amides is 1. The van der Waals surface area contributed by atoms with E-state index in [-0.39, 0.29) is 5.91 Å². The first kappa shape index (κ1) is 12.7. The summed E-state index contributed by atoms with van der Waals surface area (Å²) in [4.78, 5) is 19.3. The van der Waals surface area contributed by atoms with Gasteiger partial charge in [0.2, 0.25) is 0 Å². The molecule has 0 radical (unpaired) electrons. The molecule has 2 N–H and O–H groups in total. The Kier molecular flexibility index (Phi) is 3.39. The number of aromatic amines is 1. The van der Waals surface area contributed by atoms with Gasteiger partial charge in [-0.1, -0.05) is 0 Å². The molecule has 3 rings (SSSR count). The van der Waals surface area contributed by atoms with Gasteiger partial charge in [0.25, 0.3) is 5.91 Å². The molecule has 3 aromatic rings. The number of aromatic nitrogens is 2. The van der Waals surface area contributed by atoms with Crippen molar-refractivity contribution in [1.29, 1.82) is 0 Å². The lowest BCUT2D eigenvalue weighted by molar-refractivity contribution is 0.0946. The molecule has 2 heterocycles. The first-order valence-corrected chi connectivity index (χ1v) is 6.97. The Morgan fingerprint density at radius 1 is 1.45 bits per heavy atom. The van der Waals surface area contributed by atoms with Crippen molar-refractivity contribution < 1.29 is 9.53 Å². The number of nitrogens with zero attached hydrogens (tertiary/aromatic N) is 1. The predicted octanol–water partition coefficient (Wildman–Crippen LogP) is 2.56. The van der Waals surface area contributed by atoms with Crippen molar-refractivity contribution >= 4 is 28.1 Å². The largest absolute Gasteiger partial charge is 0.497 e. The quantitative estimate of drug-likeness (QED) is 0.775. The summed E-state index contributed by atoms with van der Waals surface area (Å²) in [7, 11) is 1.62. The number of rotatable bonds is 4. The number of benzene rings is 1. The van der Waals surface area contributed by atoms with Crippen LogP contribution in [0, 0.1) is 0 Å². The zero-order valence-electron chi connectivity index (χ0n) is 10.8. The molecule has 5 nitrogen and oxygen atoms in total. The molecule has 0 fully saturated rings. The molecule has 0 bridgehead atoms. The summed E-state index contributed by atoms with van der Waals surface area (Å²) in [6.07, 6.45) is 1.72. The predicted molar refractivity (Wildman–Crippen MR) is 78.1 cm³/mol. The second kappa shape index (κ2) is 5.34. The lowest BCUT2D eigenvalue weighted by Crippen LogP contribution is -2.22. The molecule has 102 valence electrons. The third kappa shape index (κ3) is 2.50. The molecule has 0 saturated carbocycles. The Hall–Kier alpha value is -2.34. The van der Waals surface area contributed by atoms with E-state index in [4.69, 9.17) is 4.74 Å². The second-order valence-electron chi connectivity index (χ2n) is 4.24. The standard InChI is InChI=1S/C14H13N3O2S/c1-19-10-3-2-9-6-12(17-11(9)7-10)14(18)16-8-13-15-4-5-20-13/h2-7,17H,8H2,1H3,(H,16,18). The lowest BCUT2D eigenvalue weighted by atomic mass is 10.2. The molecule has 0 aliphatic rings. The fourth-order valence-electron chi connectivity index (χ4n) is 1.95. The van der Waals surface area contributed by atoms with E-state index >= 15 is 0 Å². The molecule has 0 aliphatic carbocycles. The van der Waals surface area contributed by atoms with Crippen molar-refractivity contribution in [3.8, 4) is 5.75 Å². The van der Waals surface area contributed by atoms with E-state index < -0.39 is 0 Å². The Labute approximate surface area is 119 Å². The van der Waals surface area contributed by atoms with Gasteiger partial charge in [0.1, 0.15) is 16.5 Å². The average Bonchev–Trinajstić information content (AvgIpc) is 3.12. The average molecular weight is 287 g/mol. The fourth-order valence-corrected chi connectivity index (χ4v) is 2.50. The van der Waals surface area contributed by atoms with Crippen LogP contribution in [0.2, 0.25) is 0 Å². The summed E-state index contributed by atoms with van der Waals surface area (Å²) in [5.74, 6) is 0.615. The maximum absolute atomic E-state index is 12.1. The number of nitrogens with one attached hydrogen (secondary N) is 2. The maximum atomic E-state index is 12.1. The van der Waals surface area contributed by atoms with Crippen molar-refractivity contribution in [3.05, 3.63) is 46.5 Å². The normalized spacial score (nSPS) is 10.7. The zero-order valence-corrected chi connectivity index (χ0v) is 11.7. The highest BCUT2D eigenvalue weighted by Crippen LogP contribution is 2.21. The van der Waals surface area contributed by atoms with Crippen molar-refractivity contribution in [2.45, 2.75) is 6.54 Å². The Bertz CT molecular complexity index is 734. The minimum absolute atomic E-state index is 0.143. The van der Waals surface area contributed by atoms with E-state index in [1.807, 2.05) is 29.6 Å². The molecule has 1 aromatic carbocycles. The van der Waals surface area contributed by atoms with Gasteiger partial charge in [-0.3, -0.25) is 4.79 Å². The van der Waals surface area contributed by atoms with Gasteiger partial charge >= 0.3 is 0 Å². The number of hydrogen-bond acceptors (Lipinski definition) is 4. The summed E-state index contributed by atoms with van der Waals surface area (Å²) in [5.41, 5.74) is 1.41. The molecular formula is C14H13N3O2S. The number of hydrogen-bond donors (Lipinski definition) is 2. The van der Waals surface area contributed by atoms with E-state index in [1.54, 1.807) is 13.3 Å². The molecule has 1 amide bonds. The van der Waals surface area contributed by atoms with Gasteiger partial charge in [0.15, 0.2) is 0 Å². The number of thiazole rings is 1. The second-order valence-corrected chi connectivity index (χ2v) is 5.22. The van der Waals surface area contributed by atoms with Crippen LogP contribution in [0.1, 0.15) is 15.5 Å². The Morgan fingerprint density at radius 2 is 2.35 bits per heavy atom. The molecule has 6 heteroatoms. The third-order valence-electron chi connectivity index (χ3n) is 2.96. The van der Waals surface area contributed by atoms with Crippen LogP contribution >= 0.6 is 11.3 Å². The van der Waals surface area contributed by atoms with Gasteiger partial charge in [-0.25, -0.2) is 4.98 Å². The maximum Gasteiger partial charge on any atom is 0.268 e. The first-order chi connectivity index (χ1) is 9.76. The van der Waals surface area contributed by atoms with Gasteiger partial charge in [0, 0.05) is 28.5 Å². The molecular weight excluding hydrogens is 274 g/mol. The van der Waals surface area contributed by atoms with Crippen molar-refractivity contribution in [3.63, 3.8) is 0 Å². The number of fused-ring (bicyclic) bond motifs is 1. The van der Waals surface area contributed by atoms with Crippen LogP contribution in [0.5, 0.6) is 5.75 Å². The summed E-state index contributed by atoms with van der Waals surface area (Å²) in [6, 6.07) is 7.48. The van der Waals surface area contributed by atoms with Crippen molar-refractivity contribution in [2.75, 3.05) is 7.11 Å². The molecule has 20 heavy (non-hydrogen) atoms. The lowest BCUT2D eigenvalue weighted by Gasteiger charge is -2.00.